The van der Waals surface area contributed by atoms with Crippen molar-refractivity contribution < 1.29 is 17.2 Å². The van der Waals surface area contributed by atoms with Crippen molar-refractivity contribution in [3.63, 3.8) is 0 Å². The van der Waals surface area contributed by atoms with Gasteiger partial charge in [-0.05, 0) is 103 Å². The molecule has 184 valence electrons. The van der Waals surface area contributed by atoms with Crippen molar-refractivity contribution >= 4 is 10.4 Å². The summed E-state index contributed by atoms with van der Waals surface area (Å²) >= 11 is 0. The van der Waals surface area contributed by atoms with Crippen molar-refractivity contribution in [2.45, 2.75) is 111 Å². The Balaban J connectivity index is 1.52. The van der Waals surface area contributed by atoms with Crippen LogP contribution in [0.4, 0.5) is 0 Å². The van der Waals surface area contributed by atoms with Gasteiger partial charge in [0.25, 0.3) is 0 Å². The molecular formula is C27H46O4S. The molecule has 4 nitrogen and oxygen atoms in total. The van der Waals surface area contributed by atoms with Crippen molar-refractivity contribution in [3.05, 3.63) is 11.6 Å². The SMILES string of the molecule is CC(C)CCC[C@@H](C)[C@H]1CC[C@H]2[C@@H]3CC=C4C(OS(=O)(=O)O)CCC[C@]4(C)[C@H]3CC[C@]12C. The van der Waals surface area contributed by atoms with Gasteiger partial charge in [-0.3, -0.25) is 4.55 Å². The summed E-state index contributed by atoms with van der Waals surface area (Å²) in [6.07, 6.45) is 15.1. The lowest BCUT2D eigenvalue weighted by atomic mass is 9.47. The van der Waals surface area contributed by atoms with E-state index in [0.29, 0.717) is 23.7 Å². The van der Waals surface area contributed by atoms with Gasteiger partial charge in [0.2, 0.25) is 0 Å². The maximum atomic E-state index is 11.5. The summed E-state index contributed by atoms with van der Waals surface area (Å²) in [7, 11) is -4.43. The Morgan fingerprint density at radius 2 is 1.81 bits per heavy atom. The van der Waals surface area contributed by atoms with Gasteiger partial charge in [0.05, 0.1) is 0 Å². The summed E-state index contributed by atoms with van der Waals surface area (Å²) in [5, 5.41) is 0. The predicted molar refractivity (Wildman–Crippen MR) is 129 cm³/mol. The molecule has 3 fully saturated rings. The van der Waals surface area contributed by atoms with E-state index in [1.807, 2.05) is 0 Å². The van der Waals surface area contributed by atoms with Gasteiger partial charge in [-0.2, -0.15) is 8.42 Å². The molecule has 0 radical (unpaired) electrons. The van der Waals surface area contributed by atoms with Crippen molar-refractivity contribution in [1.29, 1.82) is 0 Å². The Hall–Kier alpha value is -0.390. The molecule has 4 aliphatic rings. The second-order valence-electron chi connectivity index (χ2n) is 12.6. The minimum Gasteiger partial charge on any atom is -0.264 e. The molecule has 5 heteroatoms. The van der Waals surface area contributed by atoms with Crippen LogP contribution in [0.15, 0.2) is 11.6 Å². The first-order chi connectivity index (χ1) is 15.0. The normalized spacial score (nSPS) is 42.7. The van der Waals surface area contributed by atoms with Gasteiger partial charge in [-0.25, -0.2) is 4.18 Å². The van der Waals surface area contributed by atoms with Gasteiger partial charge in [-0.15, -0.1) is 0 Å². The zero-order chi connectivity index (χ0) is 23.3. The molecule has 0 aromatic heterocycles. The minimum absolute atomic E-state index is 0.0127. The molecule has 3 saturated carbocycles. The Labute approximate surface area is 196 Å². The summed E-state index contributed by atoms with van der Waals surface area (Å²) in [5.74, 6) is 4.57. The minimum atomic E-state index is -4.43. The average molecular weight is 467 g/mol. The number of hydrogen-bond donors (Lipinski definition) is 1. The third kappa shape index (κ3) is 4.47. The fourth-order valence-electron chi connectivity index (χ4n) is 9.03. The summed E-state index contributed by atoms with van der Waals surface area (Å²) in [6, 6.07) is 0. The maximum Gasteiger partial charge on any atom is 0.397 e. The van der Waals surface area contributed by atoms with Crippen LogP contribution in [0, 0.1) is 46.3 Å². The Morgan fingerprint density at radius 1 is 1.06 bits per heavy atom. The molecule has 0 bridgehead atoms. The van der Waals surface area contributed by atoms with Crippen molar-refractivity contribution in [3.8, 4) is 0 Å². The van der Waals surface area contributed by atoms with E-state index in [-0.39, 0.29) is 5.41 Å². The molecule has 0 aromatic carbocycles. The predicted octanol–water partition coefficient (Wildman–Crippen LogP) is 7.22. The van der Waals surface area contributed by atoms with Gasteiger partial charge < -0.3 is 0 Å². The van der Waals surface area contributed by atoms with E-state index in [9.17, 15) is 13.0 Å². The molecule has 0 aliphatic heterocycles. The molecule has 0 amide bonds. The first-order valence-corrected chi connectivity index (χ1v) is 14.7. The van der Waals surface area contributed by atoms with E-state index in [4.69, 9.17) is 4.18 Å². The number of allylic oxidation sites excluding steroid dienone is 1. The largest absolute Gasteiger partial charge is 0.397 e. The van der Waals surface area contributed by atoms with E-state index < -0.39 is 16.5 Å². The molecule has 4 rings (SSSR count). The maximum absolute atomic E-state index is 11.5. The summed E-state index contributed by atoms with van der Waals surface area (Å²) in [6.45, 7) is 12.2. The third-order valence-corrected chi connectivity index (χ3v) is 10.9. The topological polar surface area (TPSA) is 63.6 Å². The van der Waals surface area contributed by atoms with Gasteiger partial charge >= 0.3 is 10.4 Å². The van der Waals surface area contributed by atoms with Crippen LogP contribution in [0.1, 0.15) is 105 Å². The van der Waals surface area contributed by atoms with Gasteiger partial charge in [0, 0.05) is 0 Å². The second kappa shape index (κ2) is 9.00. The lowest BCUT2D eigenvalue weighted by Gasteiger charge is -2.58. The molecule has 1 N–H and O–H groups in total. The molecular weight excluding hydrogens is 420 g/mol. The summed E-state index contributed by atoms with van der Waals surface area (Å²) < 4.78 is 37.4. The van der Waals surface area contributed by atoms with E-state index in [1.165, 1.54) is 44.9 Å². The number of rotatable bonds is 7. The van der Waals surface area contributed by atoms with E-state index in [2.05, 4.69) is 40.7 Å². The van der Waals surface area contributed by atoms with Crippen molar-refractivity contribution in [2.24, 2.45) is 46.3 Å². The highest BCUT2D eigenvalue weighted by Gasteiger charge is 2.59. The lowest BCUT2D eigenvalue weighted by Crippen LogP contribution is -2.52. The van der Waals surface area contributed by atoms with Crippen LogP contribution in [0.25, 0.3) is 0 Å². The first-order valence-electron chi connectivity index (χ1n) is 13.3. The van der Waals surface area contributed by atoms with Gasteiger partial charge in [0.1, 0.15) is 6.10 Å². The molecule has 8 atom stereocenters. The Bertz CT molecular complexity index is 818. The fourth-order valence-corrected chi connectivity index (χ4v) is 9.52. The van der Waals surface area contributed by atoms with Crippen LogP contribution in [0.2, 0.25) is 0 Å². The summed E-state index contributed by atoms with van der Waals surface area (Å²) in [4.78, 5) is 0. The van der Waals surface area contributed by atoms with Crippen molar-refractivity contribution in [2.75, 3.05) is 0 Å². The van der Waals surface area contributed by atoms with Crippen LogP contribution in [-0.2, 0) is 14.6 Å². The quantitative estimate of drug-likeness (QED) is 0.318. The zero-order valence-electron chi connectivity index (χ0n) is 21.0. The van der Waals surface area contributed by atoms with Crippen LogP contribution < -0.4 is 0 Å². The van der Waals surface area contributed by atoms with Crippen LogP contribution in [-0.4, -0.2) is 19.1 Å². The zero-order valence-corrected chi connectivity index (χ0v) is 21.8. The first kappa shape index (κ1) is 24.7. The smallest absolute Gasteiger partial charge is 0.264 e. The Morgan fingerprint density at radius 3 is 2.50 bits per heavy atom. The highest BCUT2D eigenvalue weighted by atomic mass is 32.3. The van der Waals surface area contributed by atoms with Crippen molar-refractivity contribution in [1.82, 2.24) is 0 Å². The van der Waals surface area contributed by atoms with Crippen LogP contribution >= 0.6 is 0 Å². The molecule has 32 heavy (non-hydrogen) atoms. The second-order valence-corrected chi connectivity index (χ2v) is 13.7. The molecule has 0 heterocycles. The Kier molecular flexibility index (Phi) is 6.95. The molecule has 4 aliphatic carbocycles. The monoisotopic (exact) mass is 466 g/mol. The lowest BCUT2D eigenvalue weighted by molar-refractivity contribution is -0.0575. The van der Waals surface area contributed by atoms with Crippen LogP contribution in [0.5, 0.6) is 0 Å². The molecule has 1 unspecified atom stereocenters. The average Bonchev–Trinajstić information content (AvgIpc) is 3.03. The number of fused-ring (bicyclic) bond motifs is 5. The van der Waals surface area contributed by atoms with E-state index in [0.717, 1.165) is 48.5 Å². The van der Waals surface area contributed by atoms with E-state index >= 15 is 0 Å². The third-order valence-electron chi connectivity index (χ3n) is 10.5. The van der Waals surface area contributed by atoms with E-state index in [1.54, 1.807) is 0 Å². The molecule has 0 saturated heterocycles. The fraction of sp³-hybridized carbons (Fsp3) is 0.926. The number of hydrogen-bond acceptors (Lipinski definition) is 3. The summed E-state index contributed by atoms with van der Waals surface area (Å²) in [5.41, 5.74) is 1.63. The molecule has 0 aromatic rings. The highest BCUT2D eigenvalue weighted by molar-refractivity contribution is 7.80. The highest BCUT2D eigenvalue weighted by Crippen LogP contribution is 2.67. The van der Waals surface area contributed by atoms with Gasteiger partial charge in [-0.1, -0.05) is 60.0 Å². The molecule has 0 spiro atoms. The van der Waals surface area contributed by atoms with Gasteiger partial charge in [0.15, 0.2) is 0 Å². The standard InChI is InChI=1S/C27H46O4S/c1-18(2)8-6-9-19(3)21-13-14-22-20-11-12-24-25(31-32(28,29)30)10-7-16-26(24,4)23(20)15-17-27(21,22)5/h12,18-23,25H,6-11,13-17H2,1-5H3,(H,28,29,30)/t19-,20+,21-,22+,23+,25?,26-,27-/m1/s1. The van der Waals surface area contributed by atoms with Crippen LogP contribution in [0.3, 0.4) is 0 Å².